The second kappa shape index (κ2) is 14.1. The van der Waals surface area contributed by atoms with Gasteiger partial charge >= 0.3 is 12.1 Å². The number of halogens is 1. The molecule has 1 aliphatic rings. The minimum absolute atomic E-state index is 0.00881. The number of rotatable bonds is 10. The zero-order valence-corrected chi connectivity index (χ0v) is 24.6. The van der Waals surface area contributed by atoms with Gasteiger partial charge in [-0.1, -0.05) is 17.7 Å². The number of nitriles is 2. The number of nitrogens with one attached hydrogen (secondary N) is 1. The van der Waals surface area contributed by atoms with E-state index in [1.165, 1.54) is 22.9 Å². The van der Waals surface area contributed by atoms with Crippen LogP contribution in [0.2, 0.25) is 5.02 Å². The lowest BCUT2D eigenvalue weighted by molar-refractivity contribution is -0.145. The number of benzene rings is 1. The van der Waals surface area contributed by atoms with Crippen LogP contribution in [0, 0.1) is 22.7 Å². The van der Waals surface area contributed by atoms with E-state index in [2.05, 4.69) is 26.5 Å². The smallest absolute Gasteiger partial charge is 0.424 e. The Morgan fingerprint density at radius 1 is 1.18 bits per heavy atom. The Balaban J connectivity index is 1.82. The molecule has 1 aliphatic heterocycles. The molecule has 0 bridgehead atoms. The molecule has 0 aliphatic carbocycles. The number of hydrogen-bond acceptors (Lipinski definition) is 13. The Morgan fingerprint density at radius 3 is 2.57 bits per heavy atom. The van der Waals surface area contributed by atoms with Gasteiger partial charge in [-0.25, -0.2) is 19.5 Å². The zero-order valence-electron chi connectivity index (χ0n) is 23.9. The van der Waals surface area contributed by atoms with Crippen LogP contribution in [-0.2, 0) is 19.1 Å². The largest absolute Gasteiger partial charge is 0.425 e. The molecule has 3 heterocycles. The molecule has 3 N–H and O–H groups in total. The van der Waals surface area contributed by atoms with E-state index >= 15 is 0 Å². The maximum atomic E-state index is 13.7. The van der Waals surface area contributed by atoms with Crippen molar-refractivity contribution in [1.82, 2.24) is 24.5 Å². The molecule has 3 aromatic rings. The number of esters is 1. The number of carbonyl (C=O) groups is 3. The van der Waals surface area contributed by atoms with E-state index < -0.39 is 24.8 Å². The average molecular weight is 622 g/mol. The predicted octanol–water partition coefficient (Wildman–Crippen LogP) is 1.91. The van der Waals surface area contributed by atoms with Gasteiger partial charge in [0.1, 0.15) is 6.07 Å². The number of fused-ring (bicyclic) bond motifs is 1. The fourth-order valence-corrected chi connectivity index (χ4v) is 4.73. The van der Waals surface area contributed by atoms with Gasteiger partial charge in [0, 0.05) is 38.8 Å². The first kappa shape index (κ1) is 31.5. The summed E-state index contributed by atoms with van der Waals surface area (Å²) in [5.74, 6) is -1.25. The first-order chi connectivity index (χ1) is 21.2. The number of primary amides is 1. The van der Waals surface area contributed by atoms with Gasteiger partial charge in [-0.15, -0.1) is 5.10 Å². The molecule has 2 aromatic heterocycles. The molecule has 2 amide bonds. The van der Waals surface area contributed by atoms with Crippen LogP contribution < -0.4 is 20.9 Å². The monoisotopic (exact) mass is 621 g/mol. The minimum atomic E-state index is -1.09. The summed E-state index contributed by atoms with van der Waals surface area (Å²) in [4.78, 5) is 50.2. The SMILES string of the molecule is C/C=C/C(=O)OCOC(=O)N(c1nc(NCC)c2ncc(C#N)n2n1)c1cc(C#N)cc(N2CCN(CC(N)=O)CC2)c1Cl. The van der Waals surface area contributed by atoms with Gasteiger partial charge < -0.3 is 25.4 Å². The number of anilines is 4. The van der Waals surface area contributed by atoms with E-state index in [-0.39, 0.29) is 45.9 Å². The lowest BCUT2D eigenvalue weighted by atomic mass is 10.1. The van der Waals surface area contributed by atoms with Gasteiger partial charge in [0.2, 0.25) is 12.7 Å². The Bertz CT molecular complexity index is 1690. The van der Waals surface area contributed by atoms with E-state index in [1.807, 2.05) is 22.8 Å². The molecule has 1 saturated heterocycles. The third-order valence-corrected chi connectivity index (χ3v) is 6.76. The molecule has 1 fully saturated rings. The van der Waals surface area contributed by atoms with Crippen LogP contribution in [0.15, 0.2) is 30.5 Å². The Hall–Kier alpha value is -5.45. The normalized spacial score (nSPS) is 13.3. The number of allylic oxidation sites excluding steroid dienone is 1. The Labute approximate surface area is 256 Å². The quantitative estimate of drug-likeness (QED) is 0.188. The Morgan fingerprint density at radius 2 is 1.93 bits per heavy atom. The van der Waals surface area contributed by atoms with Crippen molar-refractivity contribution in [3.8, 4) is 12.1 Å². The highest BCUT2D eigenvalue weighted by atomic mass is 35.5. The van der Waals surface area contributed by atoms with Crippen LogP contribution >= 0.6 is 11.6 Å². The molecular weight excluding hydrogens is 594 g/mol. The third kappa shape index (κ3) is 6.95. The first-order valence-electron chi connectivity index (χ1n) is 13.4. The Kier molecular flexibility index (Phi) is 10.1. The van der Waals surface area contributed by atoms with Crippen molar-refractivity contribution in [2.24, 2.45) is 5.73 Å². The number of nitrogens with zero attached hydrogens (tertiary/aromatic N) is 9. The highest BCUT2D eigenvalue weighted by molar-refractivity contribution is 6.36. The minimum Gasteiger partial charge on any atom is -0.425 e. The number of amides is 2. The van der Waals surface area contributed by atoms with Crippen LogP contribution in [0.5, 0.6) is 0 Å². The molecule has 17 heteroatoms. The lowest BCUT2D eigenvalue weighted by Crippen LogP contribution is -2.49. The molecule has 228 valence electrons. The van der Waals surface area contributed by atoms with Crippen molar-refractivity contribution in [3.63, 3.8) is 0 Å². The number of ether oxygens (including phenoxy) is 2. The van der Waals surface area contributed by atoms with Gasteiger partial charge in [0.05, 0.1) is 40.8 Å². The topological polar surface area (TPSA) is 208 Å². The van der Waals surface area contributed by atoms with Gasteiger partial charge in [-0.05, 0) is 26.0 Å². The van der Waals surface area contributed by atoms with Crippen molar-refractivity contribution in [2.75, 3.05) is 61.2 Å². The van der Waals surface area contributed by atoms with Crippen molar-refractivity contribution in [1.29, 1.82) is 10.5 Å². The zero-order chi connectivity index (χ0) is 31.8. The summed E-state index contributed by atoms with van der Waals surface area (Å²) >= 11 is 6.94. The van der Waals surface area contributed by atoms with E-state index in [0.717, 1.165) is 11.0 Å². The molecule has 4 rings (SSSR count). The summed E-state index contributed by atoms with van der Waals surface area (Å²) in [5, 5.41) is 27.0. The summed E-state index contributed by atoms with van der Waals surface area (Å²) in [6, 6.07) is 7.01. The molecule has 0 unspecified atom stereocenters. The van der Waals surface area contributed by atoms with Gasteiger partial charge in [0.25, 0.3) is 5.95 Å². The van der Waals surface area contributed by atoms with Crippen molar-refractivity contribution in [3.05, 3.63) is 46.8 Å². The van der Waals surface area contributed by atoms with Crippen molar-refractivity contribution >= 4 is 58.4 Å². The third-order valence-electron chi connectivity index (χ3n) is 6.38. The highest BCUT2D eigenvalue weighted by Crippen LogP contribution is 2.40. The molecule has 44 heavy (non-hydrogen) atoms. The lowest BCUT2D eigenvalue weighted by Gasteiger charge is -2.36. The molecule has 16 nitrogen and oxygen atoms in total. The van der Waals surface area contributed by atoms with E-state index in [1.54, 1.807) is 13.0 Å². The summed E-state index contributed by atoms with van der Waals surface area (Å²) in [6.07, 6.45) is 2.82. The van der Waals surface area contributed by atoms with Crippen LogP contribution in [0.25, 0.3) is 5.65 Å². The van der Waals surface area contributed by atoms with Crippen LogP contribution in [-0.4, -0.2) is 88.5 Å². The van der Waals surface area contributed by atoms with Crippen LogP contribution in [0.1, 0.15) is 25.1 Å². The van der Waals surface area contributed by atoms with Gasteiger partial charge in [-0.3, -0.25) is 9.69 Å². The fraction of sp³-hybridized carbons (Fsp3) is 0.333. The first-order valence-corrected chi connectivity index (χ1v) is 13.7. The number of imidazole rings is 1. The molecule has 0 saturated carbocycles. The number of hydrogen-bond donors (Lipinski definition) is 2. The van der Waals surface area contributed by atoms with Crippen LogP contribution in [0.4, 0.5) is 27.9 Å². The van der Waals surface area contributed by atoms with Crippen molar-refractivity contribution < 1.29 is 23.9 Å². The highest BCUT2D eigenvalue weighted by Gasteiger charge is 2.31. The fourth-order valence-electron chi connectivity index (χ4n) is 4.42. The summed E-state index contributed by atoms with van der Waals surface area (Å²) in [7, 11) is 0. The molecular formula is C27H28ClN11O5. The number of piperazine rings is 1. The summed E-state index contributed by atoms with van der Waals surface area (Å²) in [5.41, 5.74) is 6.21. The standard InChI is InChI=1S/C27H28ClN11O5/c1-3-5-22(41)43-16-44-27(42)38(26-34-24(32-4-2)25-33-14-18(13-30)39(25)35-26)20-11-17(12-29)10-19(23(20)28)37-8-6-36(7-9-37)15-21(31)40/h3,5,10-11,14H,4,6-9,15-16H2,1-2H3,(H2,31,40)(H,32,34,35)/b5-3+. The van der Waals surface area contributed by atoms with E-state index in [9.17, 15) is 24.9 Å². The predicted molar refractivity (Wildman–Crippen MR) is 158 cm³/mol. The molecule has 0 spiro atoms. The van der Waals surface area contributed by atoms with E-state index in [0.29, 0.717) is 38.4 Å². The second-order valence-corrected chi connectivity index (χ2v) is 9.66. The maximum Gasteiger partial charge on any atom is 0.424 e. The summed E-state index contributed by atoms with van der Waals surface area (Å²) < 4.78 is 11.4. The summed E-state index contributed by atoms with van der Waals surface area (Å²) in [6.45, 7) is 5.10. The second-order valence-electron chi connectivity index (χ2n) is 9.28. The average Bonchev–Trinajstić information content (AvgIpc) is 3.42. The van der Waals surface area contributed by atoms with E-state index in [4.69, 9.17) is 26.8 Å². The number of carbonyl (C=O) groups excluding carboxylic acids is 3. The van der Waals surface area contributed by atoms with Gasteiger partial charge in [0.15, 0.2) is 17.2 Å². The van der Waals surface area contributed by atoms with Crippen molar-refractivity contribution in [2.45, 2.75) is 13.8 Å². The number of aromatic nitrogens is 4. The maximum absolute atomic E-state index is 13.7. The molecule has 0 atom stereocenters. The molecule has 0 radical (unpaired) electrons. The van der Waals surface area contributed by atoms with Gasteiger partial charge in [-0.2, -0.15) is 20.0 Å². The number of nitrogens with two attached hydrogens (primary N) is 1. The van der Waals surface area contributed by atoms with Crippen LogP contribution in [0.3, 0.4) is 0 Å². The molecule has 1 aromatic carbocycles.